The first kappa shape index (κ1) is 16.0. The van der Waals surface area contributed by atoms with Crippen molar-refractivity contribution >= 4 is 40.4 Å². The van der Waals surface area contributed by atoms with Gasteiger partial charge in [-0.1, -0.05) is 0 Å². The zero-order valence-electron chi connectivity index (χ0n) is 10.8. The normalized spacial score (nSPS) is 11.7. The SMILES string of the molecule is Cc1oc2nc(CCl)nc(NC(=O)C(F)(F)F)c2c1C(=O)O. The lowest BCUT2D eigenvalue weighted by molar-refractivity contribution is -0.167. The van der Waals surface area contributed by atoms with Gasteiger partial charge >= 0.3 is 18.1 Å². The summed E-state index contributed by atoms with van der Waals surface area (Å²) in [6, 6.07) is 0. The van der Waals surface area contributed by atoms with E-state index in [2.05, 4.69) is 9.97 Å². The zero-order chi connectivity index (χ0) is 16.7. The first-order valence-electron chi connectivity index (χ1n) is 5.62. The Hall–Kier alpha value is -2.36. The van der Waals surface area contributed by atoms with E-state index in [0.29, 0.717) is 0 Å². The molecule has 1 amide bonds. The van der Waals surface area contributed by atoms with Crippen molar-refractivity contribution in [1.29, 1.82) is 0 Å². The second kappa shape index (κ2) is 5.44. The van der Waals surface area contributed by atoms with Gasteiger partial charge in [-0.25, -0.2) is 9.78 Å². The van der Waals surface area contributed by atoms with Crippen molar-refractivity contribution in [3.63, 3.8) is 0 Å². The van der Waals surface area contributed by atoms with Crippen molar-refractivity contribution in [2.45, 2.75) is 19.0 Å². The molecule has 2 rings (SSSR count). The van der Waals surface area contributed by atoms with Crippen LogP contribution in [0.5, 0.6) is 0 Å². The number of hydrogen-bond donors (Lipinski definition) is 2. The summed E-state index contributed by atoms with van der Waals surface area (Å²) in [7, 11) is 0. The van der Waals surface area contributed by atoms with E-state index in [1.807, 2.05) is 0 Å². The second-order valence-corrected chi connectivity index (χ2v) is 4.36. The average Bonchev–Trinajstić information content (AvgIpc) is 2.73. The Morgan fingerprint density at radius 2 is 2.00 bits per heavy atom. The van der Waals surface area contributed by atoms with Crippen molar-refractivity contribution in [1.82, 2.24) is 9.97 Å². The third-order valence-corrected chi connectivity index (χ3v) is 2.84. The number of nitrogens with one attached hydrogen (secondary N) is 1. The molecule has 22 heavy (non-hydrogen) atoms. The Kier molecular flexibility index (Phi) is 3.96. The van der Waals surface area contributed by atoms with Gasteiger partial charge in [-0.05, 0) is 6.92 Å². The number of fused-ring (bicyclic) bond motifs is 1. The fourth-order valence-corrected chi connectivity index (χ4v) is 1.86. The van der Waals surface area contributed by atoms with Crippen LogP contribution in [0.1, 0.15) is 21.9 Å². The monoisotopic (exact) mass is 337 g/mol. The molecule has 0 fully saturated rings. The van der Waals surface area contributed by atoms with Gasteiger partial charge in [0.2, 0.25) is 5.71 Å². The lowest BCUT2D eigenvalue weighted by Gasteiger charge is -2.09. The summed E-state index contributed by atoms with van der Waals surface area (Å²) in [5, 5.41) is 10.3. The summed E-state index contributed by atoms with van der Waals surface area (Å²) in [4.78, 5) is 29.7. The number of carboxylic acid groups (broad SMARTS) is 1. The molecule has 118 valence electrons. The maximum absolute atomic E-state index is 12.4. The van der Waals surface area contributed by atoms with E-state index in [-0.39, 0.29) is 28.6 Å². The molecule has 2 aromatic heterocycles. The molecule has 0 aliphatic heterocycles. The van der Waals surface area contributed by atoms with Gasteiger partial charge in [0.15, 0.2) is 0 Å². The number of amides is 1. The van der Waals surface area contributed by atoms with Crippen molar-refractivity contribution in [2.24, 2.45) is 0 Å². The smallest absolute Gasteiger partial charge is 0.471 e. The highest BCUT2D eigenvalue weighted by molar-refractivity contribution is 6.17. The Balaban J connectivity index is 2.69. The number of rotatable bonds is 3. The van der Waals surface area contributed by atoms with Crippen molar-refractivity contribution in [3.05, 3.63) is 17.1 Å². The number of alkyl halides is 4. The molecule has 2 N–H and O–H groups in total. The molecule has 0 aromatic carbocycles. The molecule has 0 radical (unpaired) electrons. The van der Waals surface area contributed by atoms with Crippen LogP contribution in [0.3, 0.4) is 0 Å². The van der Waals surface area contributed by atoms with Crippen LogP contribution in [0.15, 0.2) is 4.42 Å². The quantitative estimate of drug-likeness (QED) is 0.833. The van der Waals surface area contributed by atoms with Crippen LogP contribution in [-0.2, 0) is 10.7 Å². The van der Waals surface area contributed by atoms with Gasteiger partial charge in [0.25, 0.3) is 0 Å². The number of halogens is 4. The highest BCUT2D eigenvalue weighted by atomic mass is 35.5. The molecule has 0 saturated carbocycles. The molecule has 7 nitrogen and oxygen atoms in total. The Labute approximate surface area is 125 Å². The van der Waals surface area contributed by atoms with E-state index < -0.39 is 29.4 Å². The average molecular weight is 338 g/mol. The predicted octanol–water partition coefficient (Wildman–Crippen LogP) is 2.47. The number of carbonyl (C=O) groups is 2. The number of aromatic carboxylic acids is 1. The van der Waals surface area contributed by atoms with Gasteiger partial charge in [-0.3, -0.25) is 4.79 Å². The van der Waals surface area contributed by atoms with Crippen LogP contribution in [0, 0.1) is 6.92 Å². The van der Waals surface area contributed by atoms with Crippen LogP contribution >= 0.6 is 11.6 Å². The summed E-state index contributed by atoms with van der Waals surface area (Å²) < 4.78 is 42.2. The molecule has 2 heterocycles. The van der Waals surface area contributed by atoms with Crippen LogP contribution < -0.4 is 5.32 Å². The number of carboxylic acids is 1. The summed E-state index contributed by atoms with van der Waals surface area (Å²) in [6.07, 6.45) is -5.17. The van der Waals surface area contributed by atoms with E-state index in [4.69, 9.17) is 21.1 Å². The molecule has 0 atom stereocenters. The topological polar surface area (TPSA) is 105 Å². The van der Waals surface area contributed by atoms with Crippen LogP contribution in [0.2, 0.25) is 0 Å². The van der Waals surface area contributed by atoms with Crippen LogP contribution in [0.25, 0.3) is 11.1 Å². The molecular weight excluding hydrogens is 331 g/mol. The van der Waals surface area contributed by atoms with Gasteiger partial charge in [0.1, 0.15) is 23.0 Å². The molecular formula is C11H7ClF3N3O4. The van der Waals surface area contributed by atoms with E-state index in [1.54, 1.807) is 0 Å². The van der Waals surface area contributed by atoms with E-state index in [0.717, 1.165) is 0 Å². The number of hydrogen-bond acceptors (Lipinski definition) is 5. The number of aryl methyl sites for hydroxylation is 1. The summed E-state index contributed by atoms with van der Waals surface area (Å²) in [5.74, 6) is -4.88. The van der Waals surface area contributed by atoms with Gasteiger partial charge < -0.3 is 14.8 Å². The molecule has 11 heteroatoms. The van der Waals surface area contributed by atoms with Gasteiger partial charge in [-0.2, -0.15) is 18.2 Å². The maximum atomic E-state index is 12.4. The summed E-state index contributed by atoms with van der Waals surface area (Å²) in [5.41, 5.74) is -0.716. The van der Waals surface area contributed by atoms with E-state index in [1.165, 1.54) is 12.2 Å². The Morgan fingerprint density at radius 1 is 1.36 bits per heavy atom. The van der Waals surface area contributed by atoms with Crippen LogP contribution in [-0.4, -0.2) is 33.1 Å². The highest BCUT2D eigenvalue weighted by Crippen LogP contribution is 2.31. The Morgan fingerprint density at radius 3 is 2.50 bits per heavy atom. The van der Waals surface area contributed by atoms with Crippen LogP contribution in [0.4, 0.5) is 19.0 Å². The first-order valence-corrected chi connectivity index (χ1v) is 6.16. The maximum Gasteiger partial charge on any atom is 0.471 e. The largest absolute Gasteiger partial charge is 0.478 e. The number of carbonyl (C=O) groups excluding carboxylic acids is 1. The first-order chi connectivity index (χ1) is 10.1. The third kappa shape index (κ3) is 2.82. The molecule has 0 unspecified atom stereocenters. The molecule has 2 aromatic rings. The van der Waals surface area contributed by atoms with E-state index in [9.17, 15) is 22.8 Å². The fraction of sp³-hybridized carbons (Fsp3) is 0.273. The minimum atomic E-state index is -5.17. The fourth-order valence-electron chi connectivity index (χ4n) is 1.74. The highest BCUT2D eigenvalue weighted by Gasteiger charge is 2.39. The van der Waals surface area contributed by atoms with Gasteiger partial charge in [-0.15, -0.1) is 11.6 Å². The van der Waals surface area contributed by atoms with Crippen molar-refractivity contribution in [2.75, 3.05) is 5.32 Å². The van der Waals surface area contributed by atoms with Gasteiger partial charge in [0.05, 0.1) is 11.3 Å². The van der Waals surface area contributed by atoms with E-state index >= 15 is 0 Å². The van der Waals surface area contributed by atoms with Crippen molar-refractivity contribution in [3.8, 4) is 0 Å². The number of furan rings is 1. The minimum Gasteiger partial charge on any atom is -0.478 e. The number of aromatic nitrogens is 2. The third-order valence-electron chi connectivity index (χ3n) is 2.60. The molecule has 0 spiro atoms. The lowest BCUT2D eigenvalue weighted by Crippen LogP contribution is -2.30. The predicted molar refractivity (Wildman–Crippen MR) is 67.7 cm³/mol. The summed E-state index contributed by atoms with van der Waals surface area (Å²) >= 11 is 5.52. The second-order valence-electron chi connectivity index (χ2n) is 4.09. The Bertz CT molecular complexity index is 772. The standard InChI is InChI=1S/C11H7ClF3N3O4/c1-3-5(9(19)20)6-7(18-10(21)11(13,14)15)16-4(2-12)17-8(6)22-3/h2H2,1H3,(H,19,20)(H,16,17,18,21). The zero-order valence-corrected chi connectivity index (χ0v) is 11.5. The van der Waals surface area contributed by atoms with Crippen molar-refractivity contribution < 1.29 is 32.3 Å². The molecule has 0 bridgehead atoms. The minimum absolute atomic E-state index is 0.0916. The number of nitrogens with zero attached hydrogens (tertiary/aromatic N) is 2. The summed E-state index contributed by atoms with van der Waals surface area (Å²) in [6.45, 7) is 1.29. The lowest BCUT2D eigenvalue weighted by atomic mass is 10.2. The molecule has 0 saturated heterocycles. The molecule has 0 aliphatic carbocycles. The number of anilines is 1. The molecule has 0 aliphatic rings. The van der Waals surface area contributed by atoms with Gasteiger partial charge in [0, 0.05) is 0 Å².